The lowest BCUT2D eigenvalue weighted by Gasteiger charge is -2.33. The number of piperidine rings is 1. The van der Waals surface area contributed by atoms with Crippen LogP contribution in [0.1, 0.15) is 28.8 Å². The average molecular weight is 461 g/mol. The molecule has 1 N–H and O–H groups in total. The van der Waals surface area contributed by atoms with E-state index in [-0.39, 0.29) is 23.3 Å². The number of benzene rings is 2. The maximum Gasteiger partial charge on any atom is 0.416 e. The van der Waals surface area contributed by atoms with Gasteiger partial charge in [0.1, 0.15) is 0 Å². The molecule has 9 heteroatoms. The lowest BCUT2D eigenvalue weighted by atomic mass is 9.95. The van der Waals surface area contributed by atoms with Crippen molar-refractivity contribution in [1.29, 1.82) is 0 Å². The molecule has 2 aromatic carbocycles. The van der Waals surface area contributed by atoms with E-state index in [1.807, 2.05) is 24.3 Å². The minimum Gasteiger partial charge on any atom is -0.378 e. The van der Waals surface area contributed by atoms with Crippen LogP contribution in [-0.4, -0.2) is 56.1 Å². The van der Waals surface area contributed by atoms with E-state index in [1.54, 1.807) is 4.90 Å². The Morgan fingerprint density at radius 2 is 1.55 bits per heavy atom. The molecule has 2 fully saturated rings. The van der Waals surface area contributed by atoms with Gasteiger partial charge in [-0.25, -0.2) is 0 Å². The van der Waals surface area contributed by atoms with Gasteiger partial charge in [0.2, 0.25) is 5.91 Å². The Hall–Kier alpha value is -3.07. The number of hydrogen-bond donors (Lipinski definition) is 1. The number of alkyl halides is 3. The summed E-state index contributed by atoms with van der Waals surface area (Å²) in [4.78, 5) is 29.4. The zero-order valence-electron chi connectivity index (χ0n) is 18.1. The first-order valence-electron chi connectivity index (χ1n) is 11.0. The third-order valence-electron chi connectivity index (χ3n) is 6.13. The second-order valence-corrected chi connectivity index (χ2v) is 8.25. The van der Waals surface area contributed by atoms with Gasteiger partial charge < -0.3 is 19.9 Å². The highest BCUT2D eigenvalue weighted by atomic mass is 19.4. The van der Waals surface area contributed by atoms with Crippen LogP contribution in [0.3, 0.4) is 0 Å². The summed E-state index contributed by atoms with van der Waals surface area (Å²) in [6.45, 7) is 3.57. The quantitative estimate of drug-likeness (QED) is 0.747. The van der Waals surface area contributed by atoms with Crippen molar-refractivity contribution in [1.82, 2.24) is 4.90 Å². The summed E-state index contributed by atoms with van der Waals surface area (Å²) in [5.41, 5.74) is 1.15. The first-order chi connectivity index (χ1) is 15.8. The molecule has 0 aliphatic carbocycles. The molecule has 2 amide bonds. The fourth-order valence-electron chi connectivity index (χ4n) is 4.22. The van der Waals surface area contributed by atoms with Gasteiger partial charge in [-0.15, -0.1) is 0 Å². The monoisotopic (exact) mass is 461 g/mol. The van der Waals surface area contributed by atoms with Crippen LogP contribution < -0.4 is 10.2 Å². The predicted molar refractivity (Wildman–Crippen MR) is 118 cm³/mol. The molecule has 0 spiro atoms. The topological polar surface area (TPSA) is 61.9 Å². The number of ether oxygens (including phenoxy) is 1. The van der Waals surface area contributed by atoms with Crippen molar-refractivity contribution in [3.8, 4) is 0 Å². The number of nitrogens with one attached hydrogen (secondary N) is 1. The molecular weight excluding hydrogens is 435 g/mol. The average Bonchev–Trinajstić information content (AvgIpc) is 2.84. The molecule has 2 aliphatic rings. The Kier molecular flexibility index (Phi) is 6.88. The lowest BCUT2D eigenvalue weighted by molar-refractivity contribution is -0.137. The van der Waals surface area contributed by atoms with Crippen molar-refractivity contribution < 1.29 is 27.5 Å². The molecule has 0 aromatic heterocycles. The van der Waals surface area contributed by atoms with Crippen molar-refractivity contribution in [3.05, 3.63) is 59.7 Å². The highest BCUT2D eigenvalue weighted by molar-refractivity contribution is 5.97. The molecule has 2 saturated heterocycles. The van der Waals surface area contributed by atoms with Gasteiger partial charge in [-0.1, -0.05) is 12.1 Å². The largest absolute Gasteiger partial charge is 0.416 e. The van der Waals surface area contributed by atoms with Crippen molar-refractivity contribution >= 4 is 23.2 Å². The number of carbonyl (C=O) groups is 2. The minimum absolute atomic E-state index is 0.0858. The molecule has 0 radical (unpaired) electrons. The first-order valence-corrected chi connectivity index (χ1v) is 11.0. The Morgan fingerprint density at radius 3 is 2.18 bits per heavy atom. The Labute approximate surface area is 190 Å². The third-order valence-corrected chi connectivity index (χ3v) is 6.13. The molecule has 2 aliphatic heterocycles. The lowest BCUT2D eigenvalue weighted by Crippen LogP contribution is -2.41. The fraction of sp³-hybridized carbons (Fsp3) is 0.417. The van der Waals surface area contributed by atoms with E-state index in [2.05, 4.69) is 10.2 Å². The van der Waals surface area contributed by atoms with Crippen LogP contribution in [0.5, 0.6) is 0 Å². The Bertz CT molecular complexity index is 980. The van der Waals surface area contributed by atoms with Crippen LogP contribution in [0.25, 0.3) is 0 Å². The van der Waals surface area contributed by atoms with Gasteiger partial charge in [-0.2, -0.15) is 13.2 Å². The van der Waals surface area contributed by atoms with Gasteiger partial charge in [0, 0.05) is 37.7 Å². The molecule has 0 saturated carbocycles. The maximum atomic E-state index is 12.9. The van der Waals surface area contributed by atoms with Crippen molar-refractivity contribution in [3.63, 3.8) is 0 Å². The summed E-state index contributed by atoms with van der Waals surface area (Å²) in [6.07, 6.45) is -3.44. The number of morpholine rings is 1. The number of para-hydroxylation sites is 2. The van der Waals surface area contributed by atoms with Crippen LogP contribution >= 0.6 is 0 Å². The van der Waals surface area contributed by atoms with E-state index in [0.717, 1.165) is 36.6 Å². The molecule has 6 nitrogen and oxygen atoms in total. The first kappa shape index (κ1) is 23.1. The van der Waals surface area contributed by atoms with E-state index in [4.69, 9.17) is 4.74 Å². The summed E-state index contributed by atoms with van der Waals surface area (Å²) >= 11 is 0. The van der Waals surface area contributed by atoms with Crippen molar-refractivity contribution in [2.75, 3.05) is 49.6 Å². The molecule has 0 unspecified atom stereocenters. The van der Waals surface area contributed by atoms with Gasteiger partial charge in [0.15, 0.2) is 0 Å². The van der Waals surface area contributed by atoms with Crippen LogP contribution in [0.15, 0.2) is 48.5 Å². The molecule has 2 heterocycles. The summed E-state index contributed by atoms with van der Waals surface area (Å²) in [7, 11) is 0. The molecule has 176 valence electrons. The summed E-state index contributed by atoms with van der Waals surface area (Å²) in [6, 6.07) is 11.9. The van der Waals surface area contributed by atoms with E-state index in [1.165, 1.54) is 12.1 Å². The SMILES string of the molecule is O=C(Nc1ccccc1N1CCOCC1)C1CCN(C(=O)c2ccc(C(F)(F)F)cc2)CC1. The smallest absolute Gasteiger partial charge is 0.378 e. The van der Waals surface area contributed by atoms with E-state index < -0.39 is 11.7 Å². The van der Waals surface area contributed by atoms with Gasteiger partial charge in [0.05, 0.1) is 30.2 Å². The zero-order valence-corrected chi connectivity index (χ0v) is 18.1. The van der Waals surface area contributed by atoms with Crippen LogP contribution in [-0.2, 0) is 15.7 Å². The number of amides is 2. The summed E-state index contributed by atoms with van der Waals surface area (Å²) < 4.78 is 43.6. The van der Waals surface area contributed by atoms with E-state index in [9.17, 15) is 22.8 Å². The highest BCUT2D eigenvalue weighted by Gasteiger charge is 2.31. The number of halogens is 3. The van der Waals surface area contributed by atoms with Crippen LogP contribution in [0, 0.1) is 5.92 Å². The number of likely N-dealkylation sites (tertiary alicyclic amines) is 1. The van der Waals surface area contributed by atoms with E-state index >= 15 is 0 Å². The number of hydrogen-bond acceptors (Lipinski definition) is 4. The van der Waals surface area contributed by atoms with Crippen molar-refractivity contribution in [2.24, 2.45) is 5.92 Å². The summed E-state index contributed by atoms with van der Waals surface area (Å²) in [5, 5.41) is 3.04. The van der Waals surface area contributed by atoms with E-state index in [0.29, 0.717) is 39.1 Å². The second kappa shape index (κ2) is 9.82. The maximum absolute atomic E-state index is 12.9. The Morgan fingerprint density at radius 1 is 0.909 bits per heavy atom. The number of rotatable bonds is 4. The molecule has 4 rings (SSSR count). The van der Waals surface area contributed by atoms with Crippen molar-refractivity contribution in [2.45, 2.75) is 19.0 Å². The molecular formula is C24H26F3N3O3. The third kappa shape index (κ3) is 5.47. The van der Waals surface area contributed by atoms with Gasteiger partial charge >= 0.3 is 6.18 Å². The number of carbonyl (C=O) groups excluding carboxylic acids is 2. The van der Waals surface area contributed by atoms with Crippen LogP contribution in [0.4, 0.5) is 24.5 Å². The van der Waals surface area contributed by atoms with Gasteiger partial charge in [-0.05, 0) is 49.2 Å². The standard InChI is InChI=1S/C24H26F3N3O3/c25-24(26,27)19-7-5-18(6-8-19)23(32)30-11-9-17(10-12-30)22(31)28-20-3-1-2-4-21(20)29-13-15-33-16-14-29/h1-8,17H,9-16H2,(H,28,31). The number of nitrogens with zero attached hydrogens (tertiary/aromatic N) is 2. The molecule has 0 bridgehead atoms. The molecule has 33 heavy (non-hydrogen) atoms. The molecule has 2 aromatic rings. The predicted octanol–water partition coefficient (Wildman–Crippen LogP) is 4.03. The van der Waals surface area contributed by atoms with Gasteiger partial charge in [-0.3, -0.25) is 9.59 Å². The number of anilines is 2. The zero-order chi connectivity index (χ0) is 23.4. The van der Waals surface area contributed by atoms with Gasteiger partial charge in [0.25, 0.3) is 5.91 Å². The Balaban J connectivity index is 1.34. The normalized spacial score (nSPS) is 17.7. The minimum atomic E-state index is -4.44. The highest BCUT2D eigenvalue weighted by Crippen LogP contribution is 2.30. The fourth-order valence-corrected chi connectivity index (χ4v) is 4.22. The summed E-state index contributed by atoms with van der Waals surface area (Å²) in [5.74, 6) is -0.642. The second-order valence-electron chi connectivity index (χ2n) is 8.25. The van der Waals surface area contributed by atoms with Crippen LogP contribution in [0.2, 0.25) is 0 Å². The molecule has 0 atom stereocenters.